The highest BCUT2D eigenvalue weighted by molar-refractivity contribution is 5.16. The molecule has 4 nitrogen and oxygen atoms in total. The molecule has 2 rings (SSSR count). The number of aliphatic hydroxyl groups is 1. The van der Waals surface area contributed by atoms with Crippen LogP contribution in [0.2, 0.25) is 0 Å². The van der Waals surface area contributed by atoms with Gasteiger partial charge >= 0.3 is 0 Å². The van der Waals surface area contributed by atoms with Gasteiger partial charge in [-0.2, -0.15) is 0 Å². The molecule has 4 unspecified atom stereocenters. The summed E-state index contributed by atoms with van der Waals surface area (Å²) in [5.41, 5.74) is 2.46. The molecule has 0 aliphatic heterocycles. The zero-order valence-electron chi connectivity index (χ0n) is 17.3. The zero-order chi connectivity index (χ0) is 20.2. The lowest BCUT2D eigenvalue weighted by Gasteiger charge is -2.32. The van der Waals surface area contributed by atoms with Crippen molar-refractivity contribution in [2.24, 2.45) is 11.8 Å². The van der Waals surface area contributed by atoms with E-state index in [0.29, 0.717) is 13.2 Å². The van der Waals surface area contributed by atoms with Crippen LogP contribution >= 0.6 is 0 Å². The van der Waals surface area contributed by atoms with E-state index in [1.54, 1.807) is 7.11 Å². The van der Waals surface area contributed by atoms with Gasteiger partial charge in [0.2, 0.25) is 0 Å². The maximum atomic E-state index is 11.1. The van der Waals surface area contributed by atoms with Crippen molar-refractivity contribution in [2.75, 3.05) is 27.1 Å². The van der Waals surface area contributed by atoms with Crippen LogP contribution in [0.5, 0.6) is 0 Å². The Bertz CT molecular complexity index is 632. The van der Waals surface area contributed by atoms with Crippen LogP contribution in [0, 0.1) is 11.8 Å². The number of benzene rings is 2. The lowest BCUT2D eigenvalue weighted by atomic mass is 9.85. The molecule has 0 heterocycles. The minimum absolute atomic E-state index is 0.0737. The highest BCUT2D eigenvalue weighted by Crippen LogP contribution is 2.24. The summed E-state index contributed by atoms with van der Waals surface area (Å²) < 4.78 is 16.5. The summed E-state index contributed by atoms with van der Waals surface area (Å²) in [4.78, 5) is 0. The van der Waals surface area contributed by atoms with Gasteiger partial charge in [-0.05, 0) is 35.8 Å². The lowest BCUT2D eigenvalue weighted by molar-refractivity contribution is -0.153. The van der Waals surface area contributed by atoms with Crippen LogP contribution in [0.1, 0.15) is 25.0 Å². The first kappa shape index (κ1) is 22.6. The molecule has 0 spiro atoms. The molecule has 0 aliphatic carbocycles. The van der Waals surface area contributed by atoms with Gasteiger partial charge in [-0.3, -0.25) is 0 Å². The van der Waals surface area contributed by atoms with Gasteiger partial charge in [-0.15, -0.1) is 0 Å². The summed E-state index contributed by atoms with van der Waals surface area (Å²) in [6, 6.07) is 20.6. The third kappa shape index (κ3) is 7.72. The van der Waals surface area contributed by atoms with Gasteiger partial charge < -0.3 is 19.3 Å². The van der Waals surface area contributed by atoms with Crippen molar-refractivity contribution in [1.82, 2.24) is 0 Å². The van der Waals surface area contributed by atoms with Crippen LogP contribution in [-0.2, 0) is 27.1 Å². The van der Waals surface area contributed by atoms with Crippen LogP contribution in [0.3, 0.4) is 0 Å². The Morgan fingerprint density at radius 3 is 1.86 bits per heavy atom. The second-order valence-electron chi connectivity index (χ2n) is 7.47. The largest absolute Gasteiger partial charge is 0.390 e. The maximum Gasteiger partial charge on any atom is 0.147 e. The van der Waals surface area contributed by atoms with Crippen molar-refractivity contribution in [3.63, 3.8) is 0 Å². The fourth-order valence-electron chi connectivity index (χ4n) is 3.46. The van der Waals surface area contributed by atoms with E-state index >= 15 is 0 Å². The SMILES string of the molecule is COCCOCOC(C(C)Cc1ccccc1)C(O)C(C)Cc1ccccc1. The Kier molecular flexibility index (Phi) is 10.2. The third-order valence-corrected chi connectivity index (χ3v) is 5.06. The molecule has 2 aromatic rings. The summed E-state index contributed by atoms with van der Waals surface area (Å²) in [5, 5.41) is 11.1. The van der Waals surface area contributed by atoms with Crippen LogP contribution in [0.25, 0.3) is 0 Å². The molecule has 0 fully saturated rings. The van der Waals surface area contributed by atoms with E-state index in [-0.39, 0.29) is 24.7 Å². The topological polar surface area (TPSA) is 47.9 Å². The van der Waals surface area contributed by atoms with Gasteiger partial charge in [0.1, 0.15) is 6.79 Å². The molecule has 0 radical (unpaired) electrons. The molecular weight excluding hydrogens is 352 g/mol. The van der Waals surface area contributed by atoms with Crippen molar-refractivity contribution >= 4 is 0 Å². The smallest absolute Gasteiger partial charge is 0.147 e. The summed E-state index contributed by atoms with van der Waals surface area (Å²) in [6.45, 7) is 5.37. The van der Waals surface area contributed by atoms with Gasteiger partial charge in [0, 0.05) is 7.11 Å². The van der Waals surface area contributed by atoms with Gasteiger partial charge in [0.15, 0.2) is 0 Å². The standard InChI is InChI=1S/C24H34O4/c1-19(16-21-10-6-4-7-11-21)23(25)24(28-18-27-15-14-26-3)20(2)17-22-12-8-5-9-13-22/h4-13,19-20,23-25H,14-18H2,1-3H3. The van der Waals surface area contributed by atoms with Crippen LogP contribution < -0.4 is 0 Å². The highest BCUT2D eigenvalue weighted by Gasteiger charge is 2.30. The number of rotatable bonds is 13. The van der Waals surface area contributed by atoms with Gasteiger partial charge in [0.25, 0.3) is 0 Å². The average Bonchev–Trinajstić information content (AvgIpc) is 2.71. The number of hydrogen-bond donors (Lipinski definition) is 1. The number of aliphatic hydroxyl groups excluding tert-OH is 1. The number of methoxy groups -OCH3 is 1. The molecule has 2 aromatic carbocycles. The van der Waals surface area contributed by atoms with Crippen molar-refractivity contribution in [3.05, 3.63) is 71.8 Å². The van der Waals surface area contributed by atoms with E-state index in [4.69, 9.17) is 14.2 Å². The Balaban J connectivity index is 2.00. The maximum absolute atomic E-state index is 11.1. The van der Waals surface area contributed by atoms with Crippen molar-refractivity contribution in [2.45, 2.75) is 38.9 Å². The molecule has 0 aromatic heterocycles. The second-order valence-corrected chi connectivity index (χ2v) is 7.47. The molecule has 154 valence electrons. The lowest BCUT2D eigenvalue weighted by Crippen LogP contribution is -2.41. The first-order chi connectivity index (χ1) is 13.6. The summed E-state index contributed by atoms with van der Waals surface area (Å²) in [7, 11) is 1.64. The number of hydrogen-bond acceptors (Lipinski definition) is 4. The first-order valence-electron chi connectivity index (χ1n) is 10.1. The molecule has 4 atom stereocenters. The monoisotopic (exact) mass is 386 g/mol. The molecule has 0 saturated carbocycles. The van der Waals surface area contributed by atoms with E-state index < -0.39 is 6.10 Å². The fraction of sp³-hybridized carbons (Fsp3) is 0.500. The van der Waals surface area contributed by atoms with Crippen LogP contribution in [-0.4, -0.2) is 44.4 Å². The fourth-order valence-corrected chi connectivity index (χ4v) is 3.46. The van der Waals surface area contributed by atoms with E-state index in [2.05, 4.69) is 38.1 Å². The summed E-state index contributed by atoms with van der Waals surface area (Å²) >= 11 is 0. The molecule has 4 heteroatoms. The average molecular weight is 387 g/mol. The van der Waals surface area contributed by atoms with E-state index in [9.17, 15) is 5.11 Å². The normalized spacial score (nSPS) is 15.7. The Labute approximate surface area is 169 Å². The quantitative estimate of drug-likeness (QED) is 0.416. The van der Waals surface area contributed by atoms with Crippen LogP contribution in [0.4, 0.5) is 0 Å². The van der Waals surface area contributed by atoms with Crippen LogP contribution in [0.15, 0.2) is 60.7 Å². The predicted molar refractivity (Wildman–Crippen MR) is 112 cm³/mol. The van der Waals surface area contributed by atoms with E-state index in [1.165, 1.54) is 11.1 Å². The minimum Gasteiger partial charge on any atom is -0.390 e. The molecule has 0 bridgehead atoms. The predicted octanol–water partition coefficient (Wildman–Crippen LogP) is 4.11. The van der Waals surface area contributed by atoms with E-state index in [1.807, 2.05) is 36.4 Å². The molecule has 0 aliphatic rings. The third-order valence-electron chi connectivity index (χ3n) is 5.06. The highest BCUT2D eigenvalue weighted by atomic mass is 16.7. The van der Waals surface area contributed by atoms with Crippen molar-refractivity contribution in [1.29, 1.82) is 0 Å². The Hall–Kier alpha value is -1.72. The van der Waals surface area contributed by atoms with Crippen molar-refractivity contribution < 1.29 is 19.3 Å². The molecule has 28 heavy (non-hydrogen) atoms. The minimum atomic E-state index is -0.579. The first-order valence-corrected chi connectivity index (χ1v) is 10.1. The summed E-state index contributed by atoms with van der Waals surface area (Å²) in [6.07, 6.45) is 0.773. The molecule has 0 amide bonds. The zero-order valence-corrected chi connectivity index (χ0v) is 17.3. The molecule has 1 N–H and O–H groups in total. The molecule has 0 saturated heterocycles. The van der Waals surface area contributed by atoms with Gasteiger partial charge in [-0.1, -0.05) is 74.5 Å². The second kappa shape index (κ2) is 12.7. The summed E-state index contributed by atoms with van der Waals surface area (Å²) in [5.74, 6) is 0.228. The number of ether oxygens (including phenoxy) is 3. The molecular formula is C24H34O4. The Morgan fingerprint density at radius 1 is 0.786 bits per heavy atom. The van der Waals surface area contributed by atoms with Gasteiger partial charge in [0.05, 0.1) is 25.4 Å². The van der Waals surface area contributed by atoms with Gasteiger partial charge in [-0.25, -0.2) is 0 Å². The van der Waals surface area contributed by atoms with E-state index in [0.717, 1.165) is 12.8 Å². The van der Waals surface area contributed by atoms with Crippen molar-refractivity contribution in [3.8, 4) is 0 Å². The Morgan fingerprint density at radius 2 is 1.32 bits per heavy atom.